The van der Waals surface area contributed by atoms with Gasteiger partial charge in [-0.2, -0.15) is 0 Å². The van der Waals surface area contributed by atoms with E-state index in [1.807, 2.05) is 19.1 Å². The highest BCUT2D eigenvalue weighted by Crippen LogP contribution is 2.26. The molecule has 0 aromatic carbocycles. The van der Waals surface area contributed by atoms with Gasteiger partial charge in [0.2, 0.25) is 0 Å². The molecule has 18 heavy (non-hydrogen) atoms. The second kappa shape index (κ2) is 5.99. The lowest BCUT2D eigenvalue weighted by Gasteiger charge is -2.39. The number of rotatable bonds is 3. The van der Waals surface area contributed by atoms with Gasteiger partial charge in [0.15, 0.2) is 0 Å². The average Bonchev–Trinajstić information content (AvgIpc) is 2.41. The fraction of sp³-hybridized carbons (Fsp3) is 0.615. The summed E-state index contributed by atoms with van der Waals surface area (Å²) in [6.45, 7) is 3.60. The molecule has 1 aliphatic heterocycles. The number of hydrogen-bond donors (Lipinski definition) is 1. The van der Waals surface area contributed by atoms with Crippen LogP contribution in [0.3, 0.4) is 0 Å². The number of aromatic nitrogens is 1. The van der Waals surface area contributed by atoms with Gasteiger partial charge in [-0.1, -0.05) is 0 Å². The highest BCUT2D eigenvalue weighted by Gasteiger charge is 2.28. The third kappa shape index (κ3) is 2.84. The van der Waals surface area contributed by atoms with Crippen molar-refractivity contribution in [2.24, 2.45) is 5.73 Å². The van der Waals surface area contributed by atoms with Crippen LogP contribution < -0.4 is 10.6 Å². The van der Waals surface area contributed by atoms with E-state index in [0.717, 1.165) is 35.4 Å². The fourth-order valence-electron chi connectivity index (χ4n) is 2.44. The first-order valence-electron chi connectivity index (χ1n) is 6.28. The van der Waals surface area contributed by atoms with E-state index in [9.17, 15) is 0 Å². The van der Waals surface area contributed by atoms with Gasteiger partial charge < -0.3 is 15.4 Å². The van der Waals surface area contributed by atoms with Gasteiger partial charge in [0, 0.05) is 30.7 Å². The number of hydrogen-bond acceptors (Lipinski definition) is 4. The van der Waals surface area contributed by atoms with Gasteiger partial charge in [0.1, 0.15) is 5.82 Å². The van der Waals surface area contributed by atoms with Crippen molar-refractivity contribution in [1.82, 2.24) is 4.98 Å². The van der Waals surface area contributed by atoms with Crippen molar-refractivity contribution in [2.45, 2.75) is 31.9 Å². The van der Waals surface area contributed by atoms with E-state index >= 15 is 0 Å². The van der Waals surface area contributed by atoms with Gasteiger partial charge in [-0.3, -0.25) is 0 Å². The maximum atomic E-state index is 5.88. The van der Waals surface area contributed by atoms with Gasteiger partial charge in [-0.25, -0.2) is 4.98 Å². The van der Waals surface area contributed by atoms with Gasteiger partial charge in [0.25, 0.3) is 0 Å². The molecule has 2 heterocycles. The van der Waals surface area contributed by atoms with E-state index in [1.165, 1.54) is 0 Å². The third-order valence-electron chi connectivity index (χ3n) is 3.57. The number of ether oxygens (including phenoxy) is 1. The molecule has 1 aromatic heterocycles. The van der Waals surface area contributed by atoms with Gasteiger partial charge in [0.05, 0.1) is 11.8 Å². The lowest BCUT2D eigenvalue weighted by Crippen LogP contribution is -2.49. The second-order valence-electron chi connectivity index (χ2n) is 4.70. The van der Waals surface area contributed by atoms with Crippen molar-refractivity contribution in [3.05, 3.63) is 22.3 Å². The zero-order chi connectivity index (χ0) is 13.1. The first kappa shape index (κ1) is 13.8. The van der Waals surface area contributed by atoms with Crippen molar-refractivity contribution in [3.63, 3.8) is 0 Å². The Morgan fingerprint density at radius 2 is 2.33 bits per heavy atom. The quantitative estimate of drug-likeness (QED) is 0.928. The summed E-state index contributed by atoms with van der Waals surface area (Å²) in [5.74, 6) is 1.01. The van der Waals surface area contributed by atoms with Crippen LogP contribution >= 0.6 is 15.9 Å². The average molecular weight is 314 g/mol. The summed E-state index contributed by atoms with van der Waals surface area (Å²) >= 11 is 3.48. The highest BCUT2D eigenvalue weighted by molar-refractivity contribution is 9.10. The molecule has 0 saturated carbocycles. The van der Waals surface area contributed by atoms with Crippen molar-refractivity contribution < 1.29 is 4.74 Å². The molecule has 0 bridgehead atoms. The topological polar surface area (TPSA) is 51.4 Å². The van der Waals surface area contributed by atoms with Crippen LogP contribution in [0.15, 0.2) is 16.6 Å². The van der Waals surface area contributed by atoms with Crippen LogP contribution in [-0.4, -0.2) is 37.3 Å². The van der Waals surface area contributed by atoms with Crippen LogP contribution in [0, 0.1) is 6.92 Å². The van der Waals surface area contributed by atoms with Gasteiger partial charge in [-0.05, 0) is 47.8 Å². The zero-order valence-electron chi connectivity index (χ0n) is 10.9. The molecule has 1 aromatic rings. The van der Waals surface area contributed by atoms with E-state index in [0.29, 0.717) is 18.7 Å². The summed E-state index contributed by atoms with van der Waals surface area (Å²) in [4.78, 5) is 6.93. The van der Waals surface area contributed by atoms with Crippen molar-refractivity contribution in [2.75, 3.05) is 25.1 Å². The molecule has 5 heteroatoms. The van der Waals surface area contributed by atoms with Crippen molar-refractivity contribution in [1.29, 1.82) is 0 Å². The molecule has 0 amide bonds. The molecule has 0 radical (unpaired) electrons. The number of halogens is 1. The second-order valence-corrected chi connectivity index (χ2v) is 5.56. The SMILES string of the molecule is COC1CCN(c2ccc(Br)c(C)n2)C(CN)C1. The molecule has 1 fully saturated rings. The number of nitrogens with zero attached hydrogens (tertiary/aromatic N) is 2. The first-order valence-corrected chi connectivity index (χ1v) is 7.07. The lowest BCUT2D eigenvalue weighted by atomic mass is 9.99. The van der Waals surface area contributed by atoms with Crippen molar-refractivity contribution >= 4 is 21.7 Å². The maximum absolute atomic E-state index is 5.88. The Labute approximate surface area is 117 Å². The standard InChI is InChI=1S/C13H20BrN3O/c1-9-12(14)3-4-13(16-9)17-6-5-11(18-2)7-10(17)8-15/h3-4,10-11H,5-8,15H2,1-2H3. The monoisotopic (exact) mass is 313 g/mol. The zero-order valence-corrected chi connectivity index (χ0v) is 12.5. The number of anilines is 1. The predicted molar refractivity (Wildman–Crippen MR) is 76.9 cm³/mol. The smallest absolute Gasteiger partial charge is 0.129 e. The maximum Gasteiger partial charge on any atom is 0.129 e. The summed E-state index contributed by atoms with van der Waals surface area (Å²) in [5, 5.41) is 0. The first-order chi connectivity index (χ1) is 8.65. The Bertz CT molecular complexity index is 413. The number of nitrogens with two attached hydrogens (primary N) is 1. The molecule has 4 nitrogen and oxygen atoms in total. The fourth-order valence-corrected chi connectivity index (χ4v) is 2.66. The highest BCUT2D eigenvalue weighted by atomic mass is 79.9. The number of piperidine rings is 1. The molecule has 2 rings (SSSR count). The van der Waals surface area contributed by atoms with Crippen LogP contribution in [0.25, 0.3) is 0 Å². The van der Waals surface area contributed by atoms with Crippen LogP contribution in [-0.2, 0) is 4.74 Å². The molecule has 2 unspecified atom stereocenters. The minimum Gasteiger partial charge on any atom is -0.381 e. The summed E-state index contributed by atoms with van der Waals surface area (Å²) in [6.07, 6.45) is 2.33. The molecular weight excluding hydrogens is 294 g/mol. The van der Waals surface area contributed by atoms with Crippen LogP contribution in [0.1, 0.15) is 18.5 Å². The summed E-state index contributed by atoms with van der Waals surface area (Å²) < 4.78 is 6.48. The minimum atomic E-state index is 0.316. The normalized spacial score (nSPS) is 24.3. The van der Waals surface area contributed by atoms with Gasteiger partial charge in [-0.15, -0.1) is 0 Å². The summed E-state index contributed by atoms with van der Waals surface area (Å²) in [6, 6.07) is 4.41. The van der Waals surface area contributed by atoms with E-state index in [2.05, 4.69) is 25.8 Å². The molecule has 1 aliphatic rings. The summed E-state index contributed by atoms with van der Waals surface area (Å²) in [5.41, 5.74) is 6.89. The minimum absolute atomic E-state index is 0.316. The predicted octanol–water partition coefficient (Wildman–Crippen LogP) is 2.10. The Balaban J connectivity index is 2.18. The largest absolute Gasteiger partial charge is 0.381 e. The number of pyridine rings is 1. The van der Waals surface area contributed by atoms with Crippen LogP contribution in [0.2, 0.25) is 0 Å². The molecule has 100 valence electrons. The molecular formula is C13H20BrN3O. The Hall–Kier alpha value is -0.650. The molecule has 0 aliphatic carbocycles. The number of methoxy groups -OCH3 is 1. The van der Waals surface area contributed by atoms with E-state index < -0.39 is 0 Å². The van der Waals surface area contributed by atoms with Crippen LogP contribution in [0.5, 0.6) is 0 Å². The summed E-state index contributed by atoms with van der Waals surface area (Å²) in [7, 11) is 1.77. The molecule has 2 N–H and O–H groups in total. The lowest BCUT2D eigenvalue weighted by molar-refractivity contribution is 0.0708. The van der Waals surface area contributed by atoms with E-state index in [-0.39, 0.29) is 0 Å². The van der Waals surface area contributed by atoms with E-state index in [4.69, 9.17) is 10.5 Å². The Kier molecular flexibility index (Phi) is 4.59. The molecule has 0 spiro atoms. The third-order valence-corrected chi connectivity index (χ3v) is 4.41. The Morgan fingerprint density at radius 3 is 2.94 bits per heavy atom. The van der Waals surface area contributed by atoms with Gasteiger partial charge >= 0.3 is 0 Å². The van der Waals surface area contributed by atoms with Crippen molar-refractivity contribution in [3.8, 4) is 0 Å². The van der Waals surface area contributed by atoms with Crippen LogP contribution in [0.4, 0.5) is 5.82 Å². The number of aryl methyl sites for hydroxylation is 1. The molecule has 2 atom stereocenters. The van der Waals surface area contributed by atoms with E-state index in [1.54, 1.807) is 7.11 Å². The molecule has 1 saturated heterocycles. The Morgan fingerprint density at radius 1 is 1.56 bits per heavy atom.